The molecule has 3 nitrogen and oxygen atoms in total. The second-order valence-corrected chi connectivity index (χ2v) is 7.11. The van der Waals surface area contributed by atoms with E-state index in [2.05, 4.69) is 38.2 Å². The molecule has 1 aromatic heterocycles. The molecule has 0 unspecified atom stereocenters. The van der Waals surface area contributed by atoms with Crippen molar-refractivity contribution in [3.05, 3.63) is 64.4 Å². The van der Waals surface area contributed by atoms with E-state index in [-0.39, 0.29) is 5.91 Å². The number of hydrogen-bond donors (Lipinski definition) is 1. The van der Waals surface area contributed by atoms with Crippen molar-refractivity contribution in [2.75, 3.05) is 5.32 Å². The first-order chi connectivity index (χ1) is 11.9. The summed E-state index contributed by atoms with van der Waals surface area (Å²) in [6.45, 7) is 10.5. The molecule has 1 amide bonds. The predicted octanol–water partition coefficient (Wildman–Crippen LogP) is 5.66. The zero-order valence-corrected chi connectivity index (χ0v) is 15.6. The van der Waals surface area contributed by atoms with Crippen molar-refractivity contribution in [3.63, 3.8) is 0 Å². The standard InChI is InChI=1S/C22H25NO2/c1-13(2)18-11-19-17(12-25-20(19)9-16(18)5)10-21(24)23-22-14(3)7-6-8-15(22)4/h6-9,11-13H,10H2,1-5H3,(H,23,24). The number of para-hydroxylation sites is 1. The molecule has 0 spiro atoms. The van der Waals surface area contributed by atoms with E-state index < -0.39 is 0 Å². The third-order valence-corrected chi connectivity index (χ3v) is 4.76. The van der Waals surface area contributed by atoms with Gasteiger partial charge in [-0.2, -0.15) is 0 Å². The molecule has 1 heterocycles. The van der Waals surface area contributed by atoms with Gasteiger partial charge in [0.15, 0.2) is 0 Å². The Morgan fingerprint density at radius 2 is 1.76 bits per heavy atom. The predicted molar refractivity (Wildman–Crippen MR) is 103 cm³/mol. The van der Waals surface area contributed by atoms with Gasteiger partial charge in [-0.3, -0.25) is 4.79 Å². The molecule has 0 saturated carbocycles. The topological polar surface area (TPSA) is 42.2 Å². The summed E-state index contributed by atoms with van der Waals surface area (Å²) < 4.78 is 5.68. The number of aryl methyl sites for hydroxylation is 3. The molecule has 3 heteroatoms. The summed E-state index contributed by atoms with van der Waals surface area (Å²) in [5.41, 5.74) is 7.34. The number of rotatable bonds is 4. The number of furan rings is 1. The Kier molecular flexibility index (Phi) is 4.67. The van der Waals surface area contributed by atoms with E-state index in [1.165, 1.54) is 11.1 Å². The number of nitrogens with one attached hydrogen (secondary N) is 1. The lowest BCUT2D eigenvalue weighted by Crippen LogP contribution is -2.15. The molecule has 130 valence electrons. The highest BCUT2D eigenvalue weighted by Gasteiger charge is 2.15. The Morgan fingerprint density at radius 3 is 2.40 bits per heavy atom. The highest BCUT2D eigenvalue weighted by molar-refractivity contribution is 5.96. The van der Waals surface area contributed by atoms with Gasteiger partial charge in [0.2, 0.25) is 5.91 Å². The Bertz CT molecular complexity index is 914. The minimum Gasteiger partial charge on any atom is -0.464 e. The first-order valence-electron chi connectivity index (χ1n) is 8.73. The van der Waals surface area contributed by atoms with Gasteiger partial charge in [-0.1, -0.05) is 32.0 Å². The van der Waals surface area contributed by atoms with Gasteiger partial charge >= 0.3 is 0 Å². The smallest absolute Gasteiger partial charge is 0.228 e. The van der Waals surface area contributed by atoms with E-state index in [0.29, 0.717) is 12.3 Å². The van der Waals surface area contributed by atoms with E-state index in [1.807, 2.05) is 32.0 Å². The fourth-order valence-electron chi connectivity index (χ4n) is 3.37. The van der Waals surface area contributed by atoms with E-state index >= 15 is 0 Å². The SMILES string of the molecule is Cc1cc2occ(CC(=O)Nc3c(C)cccc3C)c2cc1C(C)C. The second kappa shape index (κ2) is 6.75. The molecule has 0 fully saturated rings. The van der Waals surface area contributed by atoms with Crippen LogP contribution in [-0.2, 0) is 11.2 Å². The number of benzene rings is 2. The molecule has 25 heavy (non-hydrogen) atoms. The maximum absolute atomic E-state index is 12.6. The largest absolute Gasteiger partial charge is 0.464 e. The van der Waals surface area contributed by atoms with Gasteiger partial charge in [-0.15, -0.1) is 0 Å². The van der Waals surface area contributed by atoms with Gasteiger partial charge in [-0.05, 0) is 61.1 Å². The summed E-state index contributed by atoms with van der Waals surface area (Å²) in [5, 5.41) is 4.08. The first kappa shape index (κ1) is 17.3. The summed E-state index contributed by atoms with van der Waals surface area (Å²) in [5.74, 6) is 0.419. The van der Waals surface area contributed by atoms with Gasteiger partial charge in [0.25, 0.3) is 0 Å². The third-order valence-electron chi connectivity index (χ3n) is 4.76. The molecule has 0 saturated heterocycles. The van der Waals surface area contributed by atoms with Crippen molar-refractivity contribution >= 4 is 22.6 Å². The zero-order chi connectivity index (χ0) is 18.1. The molecule has 2 aromatic carbocycles. The van der Waals surface area contributed by atoms with Crippen molar-refractivity contribution in [2.24, 2.45) is 0 Å². The number of fused-ring (bicyclic) bond motifs is 1. The number of hydrogen-bond acceptors (Lipinski definition) is 2. The van der Waals surface area contributed by atoms with Crippen molar-refractivity contribution in [3.8, 4) is 0 Å². The monoisotopic (exact) mass is 335 g/mol. The van der Waals surface area contributed by atoms with Crippen molar-refractivity contribution < 1.29 is 9.21 Å². The van der Waals surface area contributed by atoms with Crippen molar-refractivity contribution in [1.29, 1.82) is 0 Å². The van der Waals surface area contributed by atoms with Gasteiger partial charge in [0.05, 0.1) is 12.7 Å². The average molecular weight is 335 g/mol. The highest BCUT2D eigenvalue weighted by atomic mass is 16.3. The minimum absolute atomic E-state index is 0.0215. The van der Waals surface area contributed by atoms with Gasteiger partial charge in [-0.25, -0.2) is 0 Å². The Hall–Kier alpha value is -2.55. The Balaban J connectivity index is 1.88. The van der Waals surface area contributed by atoms with Crippen LogP contribution < -0.4 is 5.32 Å². The van der Waals surface area contributed by atoms with Crippen LogP contribution in [0.3, 0.4) is 0 Å². The zero-order valence-electron chi connectivity index (χ0n) is 15.6. The number of anilines is 1. The summed E-state index contributed by atoms with van der Waals surface area (Å²) in [6.07, 6.45) is 2.01. The van der Waals surface area contributed by atoms with Crippen LogP contribution in [-0.4, -0.2) is 5.91 Å². The second-order valence-electron chi connectivity index (χ2n) is 7.11. The van der Waals surface area contributed by atoms with Crippen LogP contribution in [0.4, 0.5) is 5.69 Å². The average Bonchev–Trinajstić information content (AvgIpc) is 2.92. The lowest BCUT2D eigenvalue weighted by atomic mass is 9.95. The van der Waals surface area contributed by atoms with Crippen LogP contribution in [0.2, 0.25) is 0 Å². The van der Waals surface area contributed by atoms with Crippen molar-refractivity contribution in [2.45, 2.75) is 47.0 Å². The van der Waals surface area contributed by atoms with Crippen LogP contribution in [0.25, 0.3) is 11.0 Å². The van der Waals surface area contributed by atoms with Gasteiger partial charge in [0.1, 0.15) is 5.58 Å². The number of amides is 1. The summed E-state index contributed by atoms with van der Waals surface area (Å²) in [4.78, 5) is 12.6. The molecular formula is C22H25NO2. The van der Waals surface area contributed by atoms with Gasteiger partial charge < -0.3 is 9.73 Å². The Morgan fingerprint density at radius 1 is 1.08 bits per heavy atom. The molecular weight excluding hydrogens is 310 g/mol. The molecule has 3 aromatic rings. The maximum atomic E-state index is 12.6. The molecule has 0 bridgehead atoms. The molecule has 0 radical (unpaired) electrons. The molecule has 3 rings (SSSR count). The van der Waals surface area contributed by atoms with Crippen LogP contribution in [0.1, 0.15) is 47.6 Å². The number of carbonyl (C=O) groups excluding carboxylic acids is 1. The lowest BCUT2D eigenvalue weighted by molar-refractivity contribution is -0.115. The fraction of sp³-hybridized carbons (Fsp3) is 0.318. The molecule has 0 aliphatic heterocycles. The summed E-state index contributed by atoms with van der Waals surface area (Å²) >= 11 is 0. The quantitative estimate of drug-likeness (QED) is 0.668. The highest BCUT2D eigenvalue weighted by Crippen LogP contribution is 2.29. The van der Waals surface area contributed by atoms with Crippen LogP contribution >= 0.6 is 0 Å². The lowest BCUT2D eigenvalue weighted by Gasteiger charge is -2.12. The van der Waals surface area contributed by atoms with E-state index in [1.54, 1.807) is 6.26 Å². The molecule has 0 atom stereocenters. The molecule has 0 aliphatic carbocycles. The Labute approximate surface area is 149 Å². The van der Waals surface area contributed by atoms with E-state index in [9.17, 15) is 4.79 Å². The molecule has 0 aliphatic rings. The normalized spacial score (nSPS) is 11.3. The summed E-state index contributed by atoms with van der Waals surface area (Å²) in [6, 6.07) is 10.2. The van der Waals surface area contributed by atoms with Crippen LogP contribution in [0.15, 0.2) is 41.0 Å². The van der Waals surface area contributed by atoms with E-state index in [0.717, 1.165) is 33.3 Å². The van der Waals surface area contributed by atoms with Crippen LogP contribution in [0.5, 0.6) is 0 Å². The van der Waals surface area contributed by atoms with Crippen LogP contribution in [0, 0.1) is 20.8 Å². The minimum atomic E-state index is -0.0215. The fourth-order valence-corrected chi connectivity index (χ4v) is 3.37. The molecule has 1 N–H and O–H groups in total. The number of carbonyl (C=O) groups is 1. The maximum Gasteiger partial charge on any atom is 0.228 e. The summed E-state index contributed by atoms with van der Waals surface area (Å²) in [7, 11) is 0. The first-order valence-corrected chi connectivity index (χ1v) is 8.73. The van der Waals surface area contributed by atoms with Crippen molar-refractivity contribution in [1.82, 2.24) is 0 Å². The third kappa shape index (κ3) is 3.46. The van der Waals surface area contributed by atoms with Gasteiger partial charge in [0, 0.05) is 16.6 Å². The van der Waals surface area contributed by atoms with E-state index in [4.69, 9.17) is 4.42 Å².